The number of hydrogen-bond acceptors (Lipinski definition) is 3. The van der Waals surface area contributed by atoms with Crippen LogP contribution in [0.5, 0.6) is 0 Å². The molecule has 0 saturated heterocycles. The van der Waals surface area contributed by atoms with Gasteiger partial charge in [0.2, 0.25) is 5.91 Å². The van der Waals surface area contributed by atoms with Gasteiger partial charge in [-0.3, -0.25) is 4.79 Å². The van der Waals surface area contributed by atoms with Crippen molar-refractivity contribution in [2.75, 3.05) is 13.6 Å². The number of hydrogen-bond donors (Lipinski definition) is 0. The van der Waals surface area contributed by atoms with Crippen LogP contribution in [0.15, 0.2) is 34.9 Å². The number of benzene rings is 1. The Morgan fingerprint density at radius 1 is 1.35 bits per heavy atom. The van der Waals surface area contributed by atoms with Gasteiger partial charge in [-0.15, -0.1) is 0 Å². The van der Waals surface area contributed by atoms with Gasteiger partial charge in [0.25, 0.3) is 0 Å². The highest BCUT2D eigenvalue weighted by Gasteiger charge is 2.11. The van der Waals surface area contributed by atoms with Crippen molar-refractivity contribution in [1.29, 1.82) is 0 Å². The highest BCUT2D eigenvalue weighted by molar-refractivity contribution is 6.30. The molecule has 4 nitrogen and oxygen atoms in total. The van der Waals surface area contributed by atoms with E-state index in [1.807, 2.05) is 19.1 Å². The van der Waals surface area contributed by atoms with Gasteiger partial charge in [0.15, 0.2) is 11.7 Å². The van der Waals surface area contributed by atoms with Crippen molar-refractivity contribution in [3.05, 3.63) is 41.4 Å². The molecule has 2 aromatic rings. The largest absolute Gasteiger partial charge is 0.441 e. The number of nitrogens with zero attached hydrogens (tertiary/aromatic N) is 2. The maximum absolute atomic E-state index is 11.7. The number of aryl methyl sites for hydroxylation is 1. The molecule has 0 atom stereocenters. The van der Waals surface area contributed by atoms with Crippen LogP contribution < -0.4 is 0 Å². The molecule has 106 valence electrons. The summed E-state index contributed by atoms with van der Waals surface area (Å²) in [6.45, 7) is 2.65. The molecule has 20 heavy (non-hydrogen) atoms. The molecule has 0 fully saturated rings. The molecule has 0 radical (unpaired) electrons. The Labute approximate surface area is 123 Å². The first-order valence-electron chi connectivity index (χ1n) is 6.54. The van der Waals surface area contributed by atoms with Crippen LogP contribution in [-0.2, 0) is 11.2 Å². The van der Waals surface area contributed by atoms with Gasteiger partial charge in [-0.05, 0) is 31.2 Å². The van der Waals surface area contributed by atoms with Crippen molar-refractivity contribution in [1.82, 2.24) is 9.88 Å². The Hall–Kier alpha value is -1.81. The summed E-state index contributed by atoms with van der Waals surface area (Å²) in [4.78, 5) is 17.6. The topological polar surface area (TPSA) is 46.3 Å². The molecule has 0 saturated carbocycles. The number of rotatable bonds is 5. The summed E-state index contributed by atoms with van der Waals surface area (Å²) in [7, 11) is 1.79. The first kappa shape index (κ1) is 14.6. The van der Waals surface area contributed by atoms with Crippen LogP contribution >= 0.6 is 11.6 Å². The van der Waals surface area contributed by atoms with E-state index < -0.39 is 0 Å². The van der Waals surface area contributed by atoms with E-state index in [0.717, 1.165) is 5.56 Å². The summed E-state index contributed by atoms with van der Waals surface area (Å²) in [5.74, 6) is 1.36. The molecule has 1 aromatic carbocycles. The summed E-state index contributed by atoms with van der Waals surface area (Å²) in [6.07, 6.45) is 2.59. The average Bonchev–Trinajstić information content (AvgIpc) is 2.93. The van der Waals surface area contributed by atoms with Gasteiger partial charge in [0.05, 0.1) is 6.20 Å². The highest BCUT2D eigenvalue weighted by atomic mass is 35.5. The minimum Gasteiger partial charge on any atom is -0.441 e. The SMILES string of the molecule is CCN(C)C(=O)CCc1ncc(-c2ccc(Cl)cc2)o1. The summed E-state index contributed by atoms with van der Waals surface area (Å²) < 4.78 is 5.65. The monoisotopic (exact) mass is 292 g/mol. The second kappa shape index (κ2) is 6.57. The molecule has 5 heteroatoms. The van der Waals surface area contributed by atoms with Crippen LogP contribution in [0.2, 0.25) is 5.02 Å². The summed E-state index contributed by atoms with van der Waals surface area (Å²) in [5.41, 5.74) is 0.921. The zero-order valence-electron chi connectivity index (χ0n) is 11.6. The molecule has 0 unspecified atom stereocenters. The van der Waals surface area contributed by atoms with Gasteiger partial charge in [0, 0.05) is 37.0 Å². The lowest BCUT2D eigenvalue weighted by molar-refractivity contribution is -0.129. The average molecular weight is 293 g/mol. The van der Waals surface area contributed by atoms with Gasteiger partial charge in [0.1, 0.15) is 0 Å². The van der Waals surface area contributed by atoms with Crippen molar-refractivity contribution in [3.8, 4) is 11.3 Å². The molecule has 1 aromatic heterocycles. The van der Waals surface area contributed by atoms with E-state index >= 15 is 0 Å². The van der Waals surface area contributed by atoms with Crippen molar-refractivity contribution >= 4 is 17.5 Å². The van der Waals surface area contributed by atoms with E-state index in [2.05, 4.69) is 4.98 Å². The molecule has 0 aliphatic rings. The molecular weight excluding hydrogens is 276 g/mol. The third kappa shape index (κ3) is 3.61. The molecule has 0 aliphatic heterocycles. The van der Waals surface area contributed by atoms with Crippen molar-refractivity contribution in [2.24, 2.45) is 0 Å². The molecule has 1 amide bonds. The van der Waals surface area contributed by atoms with E-state index in [1.54, 1.807) is 30.3 Å². The highest BCUT2D eigenvalue weighted by Crippen LogP contribution is 2.22. The Morgan fingerprint density at radius 2 is 2.05 bits per heavy atom. The second-order valence-electron chi connectivity index (χ2n) is 4.53. The van der Waals surface area contributed by atoms with Crippen LogP contribution in [0.25, 0.3) is 11.3 Å². The number of amides is 1. The fourth-order valence-electron chi connectivity index (χ4n) is 1.75. The normalized spacial score (nSPS) is 10.6. The molecule has 0 spiro atoms. The number of carbonyl (C=O) groups excluding carboxylic acids is 1. The van der Waals surface area contributed by atoms with E-state index in [0.29, 0.717) is 36.1 Å². The molecule has 1 heterocycles. The van der Waals surface area contributed by atoms with E-state index in [4.69, 9.17) is 16.0 Å². The quantitative estimate of drug-likeness (QED) is 0.848. The van der Waals surface area contributed by atoms with Crippen LogP contribution in [0.1, 0.15) is 19.2 Å². The number of halogens is 1. The van der Waals surface area contributed by atoms with E-state index in [-0.39, 0.29) is 5.91 Å². The maximum atomic E-state index is 11.7. The lowest BCUT2D eigenvalue weighted by atomic mass is 10.2. The van der Waals surface area contributed by atoms with Gasteiger partial charge >= 0.3 is 0 Å². The lowest BCUT2D eigenvalue weighted by Crippen LogP contribution is -2.26. The Kier molecular flexibility index (Phi) is 4.79. The lowest BCUT2D eigenvalue weighted by Gasteiger charge is -2.13. The summed E-state index contributed by atoms with van der Waals surface area (Å²) >= 11 is 5.84. The van der Waals surface area contributed by atoms with Crippen LogP contribution in [0.4, 0.5) is 0 Å². The summed E-state index contributed by atoms with van der Waals surface area (Å²) in [6, 6.07) is 7.36. The number of oxazole rings is 1. The van der Waals surface area contributed by atoms with Gasteiger partial charge in [-0.1, -0.05) is 11.6 Å². The second-order valence-corrected chi connectivity index (χ2v) is 4.97. The summed E-state index contributed by atoms with van der Waals surface area (Å²) in [5, 5.41) is 0.682. The predicted octanol–water partition coefficient (Wildman–Crippen LogP) is 3.41. The van der Waals surface area contributed by atoms with Gasteiger partial charge < -0.3 is 9.32 Å². The molecular formula is C15H17ClN2O2. The molecule has 0 N–H and O–H groups in total. The predicted molar refractivity (Wildman–Crippen MR) is 78.6 cm³/mol. The zero-order valence-corrected chi connectivity index (χ0v) is 12.4. The smallest absolute Gasteiger partial charge is 0.222 e. The van der Waals surface area contributed by atoms with E-state index in [1.165, 1.54) is 0 Å². The van der Waals surface area contributed by atoms with Crippen LogP contribution in [-0.4, -0.2) is 29.4 Å². The van der Waals surface area contributed by atoms with Crippen molar-refractivity contribution < 1.29 is 9.21 Å². The standard InChI is InChI=1S/C15H17ClN2O2/c1-3-18(2)15(19)9-8-14-17-10-13(20-14)11-4-6-12(16)7-5-11/h4-7,10H,3,8-9H2,1-2H3. The minimum absolute atomic E-state index is 0.0961. The fourth-order valence-corrected chi connectivity index (χ4v) is 1.88. The number of carbonyl (C=O) groups is 1. The van der Waals surface area contributed by atoms with E-state index in [9.17, 15) is 4.79 Å². The number of aromatic nitrogens is 1. The third-order valence-corrected chi connectivity index (χ3v) is 3.39. The first-order valence-corrected chi connectivity index (χ1v) is 6.92. The Bertz CT molecular complexity index is 578. The fraction of sp³-hybridized carbons (Fsp3) is 0.333. The minimum atomic E-state index is 0.0961. The van der Waals surface area contributed by atoms with Crippen LogP contribution in [0.3, 0.4) is 0 Å². The Balaban J connectivity index is 1.99. The molecule has 0 bridgehead atoms. The molecule has 2 rings (SSSR count). The zero-order chi connectivity index (χ0) is 14.5. The van der Waals surface area contributed by atoms with Gasteiger partial charge in [-0.2, -0.15) is 0 Å². The van der Waals surface area contributed by atoms with Crippen LogP contribution in [0, 0.1) is 0 Å². The van der Waals surface area contributed by atoms with Gasteiger partial charge in [-0.25, -0.2) is 4.98 Å². The first-order chi connectivity index (χ1) is 9.60. The molecule has 0 aliphatic carbocycles. The Morgan fingerprint density at radius 3 is 2.70 bits per heavy atom. The van der Waals surface area contributed by atoms with Crippen molar-refractivity contribution in [2.45, 2.75) is 19.8 Å². The maximum Gasteiger partial charge on any atom is 0.222 e. The van der Waals surface area contributed by atoms with Crippen molar-refractivity contribution in [3.63, 3.8) is 0 Å². The third-order valence-electron chi connectivity index (χ3n) is 3.14.